The van der Waals surface area contributed by atoms with Gasteiger partial charge in [0.25, 0.3) is 11.5 Å². The third-order valence-corrected chi connectivity index (χ3v) is 5.16. The van der Waals surface area contributed by atoms with Crippen molar-refractivity contribution in [2.75, 3.05) is 18.5 Å². The second-order valence-electron chi connectivity index (χ2n) is 6.95. The molecule has 2 N–H and O–H groups in total. The number of esters is 1. The summed E-state index contributed by atoms with van der Waals surface area (Å²) in [5, 5.41) is 10.2. The fourth-order valence-electron chi connectivity index (χ4n) is 3.81. The first kappa shape index (κ1) is 19.8. The van der Waals surface area contributed by atoms with Crippen LogP contribution in [0.5, 0.6) is 0 Å². The molecule has 0 bridgehead atoms. The van der Waals surface area contributed by atoms with E-state index in [1.807, 2.05) is 11.5 Å². The second kappa shape index (κ2) is 8.11. The molecule has 9 nitrogen and oxygen atoms in total. The highest BCUT2D eigenvalue weighted by atomic mass is 16.5. The summed E-state index contributed by atoms with van der Waals surface area (Å²) in [7, 11) is 0. The molecule has 0 spiro atoms. The predicted octanol–water partition coefficient (Wildman–Crippen LogP) is 1.59. The third kappa shape index (κ3) is 3.37. The molecule has 1 aliphatic heterocycles. The van der Waals surface area contributed by atoms with Crippen molar-refractivity contribution in [3.05, 3.63) is 63.2 Å². The topological polar surface area (TPSA) is 107 Å². The Balaban J connectivity index is 1.73. The maximum absolute atomic E-state index is 13.0. The van der Waals surface area contributed by atoms with Gasteiger partial charge in [0, 0.05) is 37.4 Å². The molecule has 3 heterocycles. The molecule has 1 amide bonds. The predicted molar refractivity (Wildman–Crippen MR) is 111 cm³/mol. The van der Waals surface area contributed by atoms with Gasteiger partial charge in [-0.15, -0.1) is 0 Å². The summed E-state index contributed by atoms with van der Waals surface area (Å²) in [4.78, 5) is 37.9. The number of aryl methyl sites for hydroxylation is 1. The number of fused-ring (bicyclic) bond motifs is 2. The van der Waals surface area contributed by atoms with Gasteiger partial charge in [0.05, 0.1) is 23.9 Å². The van der Waals surface area contributed by atoms with Gasteiger partial charge in [-0.3, -0.25) is 9.59 Å². The molecule has 0 fully saturated rings. The minimum Gasteiger partial charge on any atom is -0.462 e. The summed E-state index contributed by atoms with van der Waals surface area (Å²) in [5.41, 5.74) is 3.00. The quantitative estimate of drug-likeness (QED) is 0.620. The molecule has 1 aromatic carbocycles. The number of amides is 1. The summed E-state index contributed by atoms with van der Waals surface area (Å²) >= 11 is 0. The zero-order chi connectivity index (χ0) is 21.3. The minimum absolute atomic E-state index is 0.208. The lowest BCUT2D eigenvalue weighted by atomic mass is 10.1. The summed E-state index contributed by atoms with van der Waals surface area (Å²) < 4.78 is 8.28. The van der Waals surface area contributed by atoms with Crippen LogP contribution in [0.15, 0.2) is 35.3 Å². The van der Waals surface area contributed by atoms with Gasteiger partial charge in [-0.25, -0.2) is 4.79 Å². The first-order chi connectivity index (χ1) is 14.5. The number of rotatable bonds is 5. The van der Waals surface area contributed by atoms with Crippen molar-refractivity contribution in [1.29, 1.82) is 0 Å². The molecule has 2 aromatic heterocycles. The van der Waals surface area contributed by atoms with E-state index in [9.17, 15) is 14.4 Å². The molecule has 9 heteroatoms. The lowest BCUT2D eigenvalue weighted by molar-refractivity contribution is 0.0526. The average molecular weight is 409 g/mol. The Morgan fingerprint density at radius 2 is 2.13 bits per heavy atom. The van der Waals surface area contributed by atoms with E-state index in [-0.39, 0.29) is 12.2 Å². The van der Waals surface area contributed by atoms with Gasteiger partial charge in [0.2, 0.25) is 0 Å². The van der Waals surface area contributed by atoms with E-state index in [2.05, 4.69) is 15.7 Å². The Hall–Kier alpha value is -3.46. The second-order valence-corrected chi connectivity index (χ2v) is 6.95. The molecular formula is C21H23N5O4. The SMILES string of the molecule is CCOC(=O)c1cccc(NC(=O)c2cnn3c(=O)c4c(n(CC)c23)CCNC4)c1. The van der Waals surface area contributed by atoms with Crippen molar-refractivity contribution >= 4 is 23.2 Å². The van der Waals surface area contributed by atoms with Crippen molar-refractivity contribution in [1.82, 2.24) is 19.5 Å². The number of benzene rings is 1. The fourth-order valence-corrected chi connectivity index (χ4v) is 3.81. The molecular weight excluding hydrogens is 386 g/mol. The first-order valence-corrected chi connectivity index (χ1v) is 9.96. The molecule has 0 radical (unpaired) electrons. The number of hydrogen-bond acceptors (Lipinski definition) is 6. The standard InChI is InChI=1S/C21H23N5O4/c1-3-25-17-8-9-22-11-15(17)20(28)26-19(25)16(12-23-26)18(27)24-14-7-5-6-13(10-14)21(29)30-4-2/h5-7,10,12,22H,3-4,8-9,11H2,1-2H3,(H,24,27). The number of hydrogen-bond donors (Lipinski definition) is 2. The molecule has 0 aliphatic carbocycles. The molecule has 4 rings (SSSR count). The Kier molecular flexibility index (Phi) is 5.37. The van der Waals surface area contributed by atoms with Crippen LogP contribution in [0.3, 0.4) is 0 Å². The minimum atomic E-state index is -0.454. The molecule has 156 valence electrons. The molecule has 0 saturated carbocycles. The van der Waals surface area contributed by atoms with Gasteiger partial charge in [-0.2, -0.15) is 9.61 Å². The number of nitrogens with one attached hydrogen (secondary N) is 2. The van der Waals surface area contributed by atoms with Gasteiger partial charge in [-0.05, 0) is 32.0 Å². The van der Waals surface area contributed by atoms with Crippen molar-refractivity contribution in [2.24, 2.45) is 0 Å². The van der Waals surface area contributed by atoms with Crippen LogP contribution in [0, 0.1) is 0 Å². The molecule has 3 aromatic rings. The number of carbonyl (C=O) groups is 2. The van der Waals surface area contributed by atoms with E-state index in [4.69, 9.17) is 4.74 Å². The largest absolute Gasteiger partial charge is 0.462 e. The van der Waals surface area contributed by atoms with Crippen molar-refractivity contribution in [3.63, 3.8) is 0 Å². The Labute approximate surface area is 172 Å². The maximum atomic E-state index is 13.0. The maximum Gasteiger partial charge on any atom is 0.338 e. The van der Waals surface area contributed by atoms with E-state index in [1.165, 1.54) is 10.7 Å². The molecule has 0 atom stereocenters. The van der Waals surface area contributed by atoms with E-state index in [0.29, 0.717) is 47.5 Å². The number of ether oxygens (including phenoxy) is 1. The summed E-state index contributed by atoms with van der Waals surface area (Å²) in [5.74, 6) is -0.855. The van der Waals surface area contributed by atoms with Crippen molar-refractivity contribution in [2.45, 2.75) is 33.4 Å². The molecule has 1 aliphatic rings. The van der Waals surface area contributed by atoms with Crippen LogP contribution < -0.4 is 16.2 Å². The van der Waals surface area contributed by atoms with Crippen LogP contribution in [0.25, 0.3) is 5.65 Å². The number of nitrogens with zero attached hydrogens (tertiary/aromatic N) is 3. The van der Waals surface area contributed by atoms with Gasteiger partial charge in [0.15, 0.2) is 5.65 Å². The van der Waals surface area contributed by atoms with Crippen LogP contribution in [-0.4, -0.2) is 39.2 Å². The average Bonchev–Trinajstić information content (AvgIpc) is 3.20. The lowest BCUT2D eigenvalue weighted by Gasteiger charge is -2.22. The van der Waals surface area contributed by atoms with Crippen molar-refractivity contribution < 1.29 is 14.3 Å². The zero-order valence-electron chi connectivity index (χ0n) is 16.9. The summed E-state index contributed by atoms with van der Waals surface area (Å²) in [6, 6.07) is 6.54. The Bertz CT molecular complexity index is 1190. The van der Waals surface area contributed by atoms with E-state index < -0.39 is 11.9 Å². The molecule has 0 saturated heterocycles. The Morgan fingerprint density at radius 3 is 2.90 bits per heavy atom. The fraction of sp³-hybridized carbons (Fsp3) is 0.333. The highest BCUT2D eigenvalue weighted by Gasteiger charge is 2.24. The normalized spacial score (nSPS) is 13.1. The van der Waals surface area contributed by atoms with E-state index >= 15 is 0 Å². The van der Waals surface area contributed by atoms with Crippen LogP contribution in [0.2, 0.25) is 0 Å². The van der Waals surface area contributed by atoms with E-state index in [0.717, 1.165) is 12.2 Å². The number of aromatic nitrogens is 3. The van der Waals surface area contributed by atoms with Gasteiger partial charge in [0.1, 0.15) is 5.56 Å². The highest BCUT2D eigenvalue weighted by Crippen LogP contribution is 2.19. The van der Waals surface area contributed by atoms with Crippen LogP contribution in [-0.2, 0) is 24.2 Å². The van der Waals surface area contributed by atoms with Gasteiger partial charge >= 0.3 is 5.97 Å². The van der Waals surface area contributed by atoms with Crippen LogP contribution in [0.1, 0.15) is 45.8 Å². The molecule has 0 unspecified atom stereocenters. The summed E-state index contributed by atoms with van der Waals surface area (Å²) in [6.45, 7) is 5.86. The van der Waals surface area contributed by atoms with E-state index in [1.54, 1.807) is 31.2 Å². The van der Waals surface area contributed by atoms with Crippen molar-refractivity contribution in [3.8, 4) is 0 Å². The first-order valence-electron chi connectivity index (χ1n) is 9.96. The zero-order valence-corrected chi connectivity index (χ0v) is 16.9. The number of carbonyl (C=O) groups excluding carboxylic acids is 2. The molecule has 30 heavy (non-hydrogen) atoms. The smallest absolute Gasteiger partial charge is 0.338 e. The van der Waals surface area contributed by atoms with Crippen LogP contribution in [0.4, 0.5) is 5.69 Å². The monoisotopic (exact) mass is 409 g/mol. The van der Waals surface area contributed by atoms with Crippen LogP contribution >= 0.6 is 0 Å². The van der Waals surface area contributed by atoms with Gasteiger partial charge < -0.3 is 19.9 Å². The third-order valence-electron chi connectivity index (χ3n) is 5.16. The van der Waals surface area contributed by atoms with Gasteiger partial charge in [-0.1, -0.05) is 6.07 Å². The highest BCUT2D eigenvalue weighted by molar-refractivity contribution is 6.08. The Morgan fingerprint density at radius 1 is 1.30 bits per heavy atom. The lowest BCUT2D eigenvalue weighted by Crippen LogP contribution is -2.36. The summed E-state index contributed by atoms with van der Waals surface area (Å²) in [6.07, 6.45) is 2.12. The number of anilines is 1.